The third-order valence-corrected chi connectivity index (χ3v) is 5.60. The molecule has 0 saturated heterocycles. The molecular formula is C20H28. The van der Waals surface area contributed by atoms with E-state index in [4.69, 9.17) is 0 Å². The van der Waals surface area contributed by atoms with E-state index in [0.717, 1.165) is 49.4 Å². The summed E-state index contributed by atoms with van der Waals surface area (Å²) >= 11 is 0. The van der Waals surface area contributed by atoms with Gasteiger partial charge in [-0.2, -0.15) is 0 Å². The van der Waals surface area contributed by atoms with E-state index in [1.165, 1.54) is 51.4 Å². The van der Waals surface area contributed by atoms with Crippen molar-refractivity contribution in [3.8, 4) is 23.7 Å². The maximum absolute atomic E-state index is 3.51. The van der Waals surface area contributed by atoms with Gasteiger partial charge in [-0.05, 0) is 62.2 Å². The molecule has 0 aliphatic heterocycles. The van der Waals surface area contributed by atoms with Gasteiger partial charge in [0.25, 0.3) is 0 Å². The molecule has 0 aromatic heterocycles. The van der Waals surface area contributed by atoms with Crippen molar-refractivity contribution in [3.63, 3.8) is 0 Å². The van der Waals surface area contributed by atoms with Crippen LogP contribution in [0.15, 0.2) is 0 Å². The lowest BCUT2D eigenvalue weighted by atomic mass is 9.77. The van der Waals surface area contributed by atoms with Crippen LogP contribution in [0.5, 0.6) is 0 Å². The minimum absolute atomic E-state index is 0.866. The third-order valence-electron chi connectivity index (χ3n) is 5.60. The van der Waals surface area contributed by atoms with Crippen molar-refractivity contribution in [2.24, 2.45) is 23.7 Å². The predicted molar refractivity (Wildman–Crippen MR) is 84.9 cm³/mol. The van der Waals surface area contributed by atoms with Gasteiger partial charge < -0.3 is 0 Å². The van der Waals surface area contributed by atoms with Crippen molar-refractivity contribution < 1.29 is 0 Å². The molecule has 108 valence electrons. The normalized spacial score (nSPS) is 37.6. The van der Waals surface area contributed by atoms with Crippen molar-refractivity contribution >= 4 is 0 Å². The fourth-order valence-electron chi connectivity index (χ4n) is 4.41. The molecule has 0 heterocycles. The highest BCUT2D eigenvalue weighted by Gasteiger charge is 2.22. The maximum Gasteiger partial charge on any atom is 0.0117 e. The summed E-state index contributed by atoms with van der Waals surface area (Å²) in [6.45, 7) is 0. The van der Waals surface area contributed by atoms with E-state index in [2.05, 4.69) is 23.7 Å². The van der Waals surface area contributed by atoms with Gasteiger partial charge in [-0.3, -0.25) is 0 Å². The Hall–Kier alpha value is -0.880. The summed E-state index contributed by atoms with van der Waals surface area (Å²) in [7, 11) is 0. The zero-order valence-electron chi connectivity index (χ0n) is 12.8. The second-order valence-electron chi connectivity index (χ2n) is 7.32. The molecule has 2 saturated carbocycles. The molecule has 20 heavy (non-hydrogen) atoms. The van der Waals surface area contributed by atoms with Crippen LogP contribution in [0.25, 0.3) is 0 Å². The van der Waals surface area contributed by atoms with Crippen molar-refractivity contribution in [3.05, 3.63) is 0 Å². The monoisotopic (exact) mass is 268 g/mol. The first-order chi connectivity index (χ1) is 9.90. The van der Waals surface area contributed by atoms with Crippen LogP contribution < -0.4 is 0 Å². The minimum atomic E-state index is 0.866. The molecule has 3 aliphatic rings. The highest BCUT2D eigenvalue weighted by molar-refractivity contribution is 5.05. The Morgan fingerprint density at radius 2 is 0.750 bits per heavy atom. The molecule has 0 aromatic rings. The molecule has 2 fully saturated rings. The molecule has 0 aromatic carbocycles. The van der Waals surface area contributed by atoms with E-state index in [1.807, 2.05) is 0 Å². The van der Waals surface area contributed by atoms with Crippen molar-refractivity contribution in [1.82, 2.24) is 0 Å². The number of hydrogen-bond acceptors (Lipinski definition) is 0. The van der Waals surface area contributed by atoms with Crippen LogP contribution in [0, 0.1) is 47.4 Å². The molecule has 3 aliphatic carbocycles. The Kier molecular flexibility index (Phi) is 5.08. The van der Waals surface area contributed by atoms with E-state index in [9.17, 15) is 0 Å². The third kappa shape index (κ3) is 4.06. The highest BCUT2D eigenvalue weighted by atomic mass is 14.3. The predicted octanol–water partition coefficient (Wildman–Crippen LogP) is 5.18. The lowest BCUT2D eigenvalue weighted by Gasteiger charge is -2.28. The van der Waals surface area contributed by atoms with E-state index in [-0.39, 0.29) is 0 Å². The Morgan fingerprint density at radius 1 is 0.450 bits per heavy atom. The molecule has 0 amide bonds. The minimum Gasteiger partial charge on any atom is -0.103 e. The SMILES string of the molecule is C1#CCC2CCCC(CC#CCC3CCCC(C1)C3)C2. The molecule has 0 radical (unpaired) electrons. The Balaban J connectivity index is 1.66. The first kappa shape index (κ1) is 14.1. The summed E-state index contributed by atoms with van der Waals surface area (Å²) < 4.78 is 0. The molecule has 0 nitrogen and oxygen atoms in total. The molecule has 0 N–H and O–H groups in total. The van der Waals surface area contributed by atoms with Crippen LogP contribution in [-0.4, -0.2) is 0 Å². The van der Waals surface area contributed by atoms with Crippen LogP contribution in [0.2, 0.25) is 0 Å². The van der Waals surface area contributed by atoms with Crippen molar-refractivity contribution in [2.75, 3.05) is 0 Å². The lowest BCUT2D eigenvalue weighted by Crippen LogP contribution is -2.16. The zero-order valence-corrected chi connectivity index (χ0v) is 12.8. The maximum atomic E-state index is 3.51. The van der Waals surface area contributed by atoms with Crippen LogP contribution in [0.4, 0.5) is 0 Å². The van der Waals surface area contributed by atoms with Gasteiger partial charge in [0.15, 0.2) is 0 Å². The summed E-state index contributed by atoms with van der Waals surface area (Å²) in [6, 6.07) is 0. The van der Waals surface area contributed by atoms with Gasteiger partial charge in [-0.25, -0.2) is 0 Å². The summed E-state index contributed by atoms with van der Waals surface area (Å²) in [5.41, 5.74) is 0. The van der Waals surface area contributed by atoms with Crippen LogP contribution in [0.1, 0.15) is 77.0 Å². The number of fused-ring (bicyclic) bond motifs is 4. The fourth-order valence-corrected chi connectivity index (χ4v) is 4.41. The van der Waals surface area contributed by atoms with Gasteiger partial charge in [0.05, 0.1) is 0 Å². The quantitative estimate of drug-likeness (QED) is 0.531. The van der Waals surface area contributed by atoms with Crippen LogP contribution >= 0.6 is 0 Å². The largest absolute Gasteiger partial charge is 0.103 e. The summed E-state index contributed by atoms with van der Waals surface area (Å²) in [4.78, 5) is 0. The Labute approximate surface area is 125 Å². The average Bonchev–Trinajstić information content (AvgIpc) is 2.48. The van der Waals surface area contributed by atoms with Gasteiger partial charge in [0.2, 0.25) is 0 Å². The van der Waals surface area contributed by atoms with Crippen LogP contribution in [0.3, 0.4) is 0 Å². The molecule has 4 bridgehead atoms. The molecule has 0 spiro atoms. The summed E-state index contributed by atoms with van der Waals surface area (Å²) in [6.07, 6.45) is 15.8. The number of rotatable bonds is 0. The summed E-state index contributed by atoms with van der Waals surface area (Å²) in [5, 5.41) is 0. The van der Waals surface area contributed by atoms with Crippen molar-refractivity contribution in [2.45, 2.75) is 77.0 Å². The van der Waals surface area contributed by atoms with Crippen LogP contribution in [-0.2, 0) is 0 Å². The molecule has 0 heteroatoms. The summed E-state index contributed by atoms with van der Waals surface area (Å²) in [5.74, 6) is 17.5. The van der Waals surface area contributed by atoms with Gasteiger partial charge in [0, 0.05) is 25.7 Å². The fraction of sp³-hybridized carbons (Fsp3) is 0.800. The first-order valence-corrected chi connectivity index (χ1v) is 8.81. The van der Waals surface area contributed by atoms with Gasteiger partial charge in [-0.15, -0.1) is 23.7 Å². The van der Waals surface area contributed by atoms with E-state index in [0.29, 0.717) is 0 Å². The van der Waals surface area contributed by atoms with Gasteiger partial charge in [-0.1, -0.05) is 12.8 Å². The first-order valence-electron chi connectivity index (χ1n) is 8.81. The van der Waals surface area contributed by atoms with E-state index < -0.39 is 0 Å². The average molecular weight is 268 g/mol. The second-order valence-corrected chi connectivity index (χ2v) is 7.32. The van der Waals surface area contributed by atoms with Gasteiger partial charge >= 0.3 is 0 Å². The topological polar surface area (TPSA) is 0 Å². The molecule has 4 unspecified atom stereocenters. The zero-order chi connectivity index (χ0) is 13.6. The Morgan fingerprint density at radius 3 is 1.05 bits per heavy atom. The van der Waals surface area contributed by atoms with Gasteiger partial charge in [0.1, 0.15) is 0 Å². The van der Waals surface area contributed by atoms with Crippen molar-refractivity contribution in [1.29, 1.82) is 0 Å². The lowest BCUT2D eigenvalue weighted by molar-refractivity contribution is 0.269. The Bertz CT molecular complexity index is 350. The second kappa shape index (κ2) is 7.22. The molecular weight excluding hydrogens is 240 g/mol. The van der Waals surface area contributed by atoms with E-state index >= 15 is 0 Å². The standard InChI is InChI=1S/C20H28/c1-2-8-18-12-6-14-20(16-18)10-4-3-9-19-13-5-11-17(7-1)15-19/h17-20H,5-16H2. The molecule has 4 atom stereocenters. The number of hydrogen-bond donors (Lipinski definition) is 0. The highest BCUT2D eigenvalue weighted by Crippen LogP contribution is 2.34. The smallest absolute Gasteiger partial charge is 0.0117 e. The molecule has 3 rings (SSSR count). The van der Waals surface area contributed by atoms with E-state index in [1.54, 1.807) is 0 Å².